The van der Waals surface area contributed by atoms with Gasteiger partial charge in [-0.05, 0) is 44.9 Å². The first kappa shape index (κ1) is 26.7. The highest BCUT2D eigenvalue weighted by atomic mass is 14.3. The summed E-state index contributed by atoms with van der Waals surface area (Å²) >= 11 is 0. The van der Waals surface area contributed by atoms with Crippen molar-refractivity contribution in [1.82, 2.24) is 0 Å². The number of allylic oxidation sites excluding steroid dienone is 2. The van der Waals surface area contributed by atoms with E-state index in [2.05, 4.69) is 40.9 Å². The maximum atomic E-state index is 3.82. The highest BCUT2D eigenvalue weighted by Crippen LogP contribution is 2.39. The zero-order valence-electron chi connectivity index (χ0n) is 18.8. The van der Waals surface area contributed by atoms with Crippen LogP contribution < -0.4 is 0 Å². The Bertz CT molecular complexity index is 257. The molecule has 25 heavy (non-hydrogen) atoms. The number of hydrogen-bond donors (Lipinski definition) is 0. The summed E-state index contributed by atoms with van der Waals surface area (Å²) in [4.78, 5) is 0. The summed E-state index contributed by atoms with van der Waals surface area (Å²) in [6.45, 7) is 20.1. The lowest BCUT2D eigenvalue weighted by atomic mass is 9.71. The van der Waals surface area contributed by atoms with Crippen molar-refractivity contribution >= 4 is 0 Å². The van der Waals surface area contributed by atoms with Gasteiger partial charge in [0.2, 0.25) is 0 Å². The van der Waals surface area contributed by atoms with E-state index in [0.717, 1.165) is 24.7 Å². The minimum Gasteiger partial charge on any atom is -0.100 e. The van der Waals surface area contributed by atoms with Crippen LogP contribution in [0.5, 0.6) is 0 Å². The van der Waals surface area contributed by atoms with Crippen molar-refractivity contribution < 1.29 is 0 Å². The normalized spacial score (nSPS) is 21.0. The van der Waals surface area contributed by atoms with E-state index in [0.29, 0.717) is 0 Å². The smallest absolute Gasteiger partial charge is 0.0323 e. The van der Waals surface area contributed by atoms with Gasteiger partial charge in [-0.3, -0.25) is 0 Å². The van der Waals surface area contributed by atoms with Crippen molar-refractivity contribution in [3.05, 3.63) is 24.3 Å². The van der Waals surface area contributed by atoms with Crippen LogP contribution in [-0.2, 0) is 0 Å². The van der Waals surface area contributed by atoms with Crippen LogP contribution >= 0.6 is 0 Å². The van der Waals surface area contributed by atoms with Gasteiger partial charge in [-0.25, -0.2) is 0 Å². The van der Waals surface area contributed by atoms with E-state index in [1.54, 1.807) is 25.7 Å². The molecule has 0 radical (unpaired) electrons. The lowest BCUT2D eigenvalue weighted by Crippen LogP contribution is -2.22. The molecule has 0 saturated heterocycles. The van der Waals surface area contributed by atoms with Crippen LogP contribution in [-0.4, -0.2) is 0 Å². The van der Waals surface area contributed by atoms with Gasteiger partial charge in [0, 0.05) is 0 Å². The van der Waals surface area contributed by atoms with Gasteiger partial charge < -0.3 is 0 Å². The van der Waals surface area contributed by atoms with Crippen molar-refractivity contribution in [2.75, 3.05) is 0 Å². The Morgan fingerprint density at radius 1 is 0.680 bits per heavy atom. The van der Waals surface area contributed by atoms with E-state index in [4.69, 9.17) is 0 Å². The van der Waals surface area contributed by atoms with Crippen molar-refractivity contribution in [2.24, 2.45) is 11.8 Å². The van der Waals surface area contributed by atoms with Gasteiger partial charge in [-0.2, -0.15) is 0 Å². The minimum atomic E-state index is 1.15. The molecule has 0 aromatic rings. The fourth-order valence-corrected chi connectivity index (χ4v) is 3.55. The third-order valence-electron chi connectivity index (χ3n) is 5.17. The maximum Gasteiger partial charge on any atom is -0.0323 e. The summed E-state index contributed by atoms with van der Waals surface area (Å²) in [6, 6.07) is 0. The van der Waals surface area contributed by atoms with Crippen molar-refractivity contribution in [3.63, 3.8) is 0 Å². The molecule has 0 aromatic heterocycles. The standard InChI is InChI=1S/C10H18.C9H16.C4H10.C2H6/c1-2-6-10-8-4-3-7-9(10)5-1;1-8(2)6-5-7-9(3)4;1-3-4-2;1-2/h9-10H,1-8H2;1,3,5-7H2,2,4H3;3-4H2,1-2H3;1-2H3. The number of rotatable bonds is 5. The first-order valence-electron chi connectivity index (χ1n) is 11.3. The molecule has 2 saturated carbocycles. The predicted molar refractivity (Wildman–Crippen MR) is 119 cm³/mol. The average molecular weight is 351 g/mol. The number of fused-ring (bicyclic) bond motifs is 1. The molecule has 0 bridgehead atoms. The largest absolute Gasteiger partial charge is 0.100 e. The SMILES string of the molecule is C1CCC2CCCCC2C1.C=C(C)CCCC(=C)C.CC.CCCC. The summed E-state index contributed by atoms with van der Waals surface area (Å²) in [7, 11) is 0. The van der Waals surface area contributed by atoms with E-state index in [1.807, 2.05) is 13.8 Å². The Morgan fingerprint density at radius 2 is 0.960 bits per heavy atom. The molecule has 2 rings (SSSR count). The van der Waals surface area contributed by atoms with E-state index in [-0.39, 0.29) is 0 Å². The molecule has 150 valence electrons. The van der Waals surface area contributed by atoms with Crippen LogP contribution in [0.25, 0.3) is 0 Å². The molecule has 0 spiro atoms. The molecule has 0 aromatic carbocycles. The molecule has 0 heteroatoms. The van der Waals surface area contributed by atoms with E-state index < -0.39 is 0 Å². The topological polar surface area (TPSA) is 0 Å². The quantitative estimate of drug-likeness (QED) is 0.433. The van der Waals surface area contributed by atoms with E-state index >= 15 is 0 Å². The van der Waals surface area contributed by atoms with Crippen molar-refractivity contribution in [1.29, 1.82) is 0 Å². The Balaban J connectivity index is 0. The molecular formula is C25H50. The van der Waals surface area contributed by atoms with Crippen molar-refractivity contribution in [2.45, 2.75) is 125 Å². The Kier molecular flexibility index (Phi) is 21.2. The molecule has 0 unspecified atom stereocenters. The fourth-order valence-electron chi connectivity index (χ4n) is 3.55. The van der Waals surface area contributed by atoms with Crippen molar-refractivity contribution in [3.8, 4) is 0 Å². The minimum absolute atomic E-state index is 1.15. The van der Waals surface area contributed by atoms with E-state index in [1.165, 1.54) is 56.1 Å². The van der Waals surface area contributed by atoms with Gasteiger partial charge in [0.1, 0.15) is 0 Å². The molecule has 0 heterocycles. The molecule has 0 nitrogen and oxygen atoms in total. The fraction of sp³-hybridized carbons (Fsp3) is 0.840. The summed E-state index contributed by atoms with van der Waals surface area (Å²) in [5.41, 5.74) is 2.55. The third-order valence-corrected chi connectivity index (χ3v) is 5.17. The van der Waals surface area contributed by atoms with E-state index in [9.17, 15) is 0 Å². The van der Waals surface area contributed by atoms with Gasteiger partial charge in [0.25, 0.3) is 0 Å². The zero-order valence-corrected chi connectivity index (χ0v) is 18.8. The molecule has 2 fully saturated rings. The maximum absolute atomic E-state index is 3.82. The van der Waals surface area contributed by atoms with Crippen LogP contribution in [0.4, 0.5) is 0 Å². The third kappa shape index (κ3) is 18.1. The second kappa shape index (κ2) is 19.8. The first-order valence-corrected chi connectivity index (χ1v) is 11.3. The van der Waals surface area contributed by atoms with Crippen LogP contribution in [0.15, 0.2) is 24.3 Å². The monoisotopic (exact) mass is 350 g/mol. The van der Waals surface area contributed by atoms with Gasteiger partial charge in [0.05, 0.1) is 0 Å². The summed E-state index contributed by atoms with van der Waals surface area (Å²) in [5.74, 6) is 2.31. The average Bonchev–Trinajstić information content (AvgIpc) is 2.63. The Labute approximate surface area is 161 Å². The molecular weight excluding hydrogens is 300 g/mol. The molecule has 0 amide bonds. The highest BCUT2D eigenvalue weighted by molar-refractivity contribution is 4.92. The highest BCUT2D eigenvalue weighted by Gasteiger charge is 2.26. The molecule has 0 aliphatic heterocycles. The second-order valence-corrected chi connectivity index (χ2v) is 7.86. The number of unbranched alkanes of at least 4 members (excludes halogenated alkanes) is 1. The lowest BCUT2D eigenvalue weighted by molar-refractivity contribution is 0.171. The zero-order chi connectivity index (χ0) is 19.5. The molecule has 2 aliphatic carbocycles. The predicted octanol–water partition coefficient (Wildman–Crippen LogP) is 9.51. The first-order chi connectivity index (χ1) is 12.0. The van der Waals surface area contributed by atoms with Gasteiger partial charge in [0.15, 0.2) is 0 Å². The summed E-state index contributed by atoms with van der Waals surface area (Å²) in [5, 5.41) is 0. The molecule has 0 atom stereocenters. The summed E-state index contributed by atoms with van der Waals surface area (Å²) < 4.78 is 0. The van der Waals surface area contributed by atoms with Crippen LogP contribution in [0, 0.1) is 11.8 Å². The molecule has 0 N–H and O–H groups in total. The number of hydrogen-bond acceptors (Lipinski definition) is 0. The van der Waals surface area contributed by atoms with Gasteiger partial charge >= 0.3 is 0 Å². The molecule has 2 aliphatic rings. The van der Waals surface area contributed by atoms with Crippen LogP contribution in [0.1, 0.15) is 125 Å². The lowest BCUT2D eigenvalue weighted by Gasteiger charge is -2.35. The van der Waals surface area contributed by atoms with Crippen LogP contribution in [0.2, 0.25) is 0 Å². The summed E-state index contributed by atoms with van der Waals surface area (Å²) in [6.07, 6.45) is 18.5. The second-order valence-electron chi connectivity index (χ2n) is 7.86. The Hall–Kier alpha value is -0.520. The van der Waals surface area contributed by atoms with Gasteiger partial charge in [-0.1, -0.05) is 103 Å². The van der Waals surface area contributed by atoms with Gasteiger partial charge in [-0.15, -0.1) is 13.2 Å². The Morgan fingerprint density at radius 3 is 1.16 bits per heavy atom. The van der Waals surface area contributed by atoms with Crippen LogP contribution in [0.3, 0.4) is 0 Å².